The largest absolute Gasteiger partial charge is 0.439 e. The summed E-state index contributed by atoms with van der Waals surface area (Å²) >= 11 is 5.88. The second-order valence-electron chi connectivity index (χ2n) is 4.86. The van der Waals surface area contributed by atoms with Crippen LogP contribution in [-0.4, -0.2) is 4.98 Å². The van der Waals surface area contributed by atoms with Crippen LogP contribution in [0.1, 0.15) is 30.9 Å². The summed E-state index contributed by atoms with van der Waals surface area (Å²) in [6.07, 6.45) is 0. The summed E-state index contributed by atoms with van der Waals surface area (Å²) in [6.45, 7) is 6.27. The first-order valence-electron chi connectivity index (χ1n) is 6.17. The fraction of sp³-hybridized carbons (Fsp3) is 0.267. The summed E-state index contributed by atoms with van der Waals surface area (Å²) in [5.41, 5.74) is 8.54. The van der Waals surface area contributed by atoms with Gasteiger partial charge in [0.15, 0.2) is 0 Å². The van der Waals surface area contributed by atoms with Crippen LogP contribution in [0, 0.1) is 6.92 Å². The van der Waals surface area contributed by atoms with Gasteiger partial charge < -0.3 is 10.5 Å². The van der Waals surface area contributed by atoms with Crippen molar-refractivity contribution in [3.8, 4) is 11.6 Å². The van der Waals surface area contributed by atoms with Gasteiger partial charge in [0.25, 0.3) is 0 Å². The summed E-state index contributed by atoms with van der Waals surface area (Å²) in [5, 5.41) is 0.328. The zero-order valence-corrected chi connectivity index (χ0v) is 12.0. The number of nitrogens with two attached hydrogens (primary N) is 1. The van der Waals surface area contributed by atoms with E-state index in [1.807, 2.05) is 13.0 Å². The van der Waals surface area contributed by atoms with E-state index in [1.54, 1.807) is 12.1 Å². The highest BCUT2D eigenvalue weighted by molar-refractivity contribution is 6.29. The van der Waals surface area contributed by atoms with Crippen LogP contribution in [-0.2, 0) is 0 Å². The predicted molar refractivity (Wildman–Crippen MR) is 79.0 cm³/mol. The van der Waals surface area contributed by atoms with Crippen LogP contribution in [0.3, 0.4) is 0 Å². The molecule has 0 atom stereocenters. The van der Waals surface area contributed by atoms with E-state index >= 15 is 0 Å². The van der Waals surface area contributed by atoms with E-state index in [9.17, 15) is 0 Å². The number of halogens is 1. The molecule has 3 nitrogen and oxygen atoms in total. The number of benzene rings is 1. The third kappa shape index (κ3) is 3.38. The Balaban J connectivity index is 2.39. The van der Waals surface area contributed by atoms with E-state index in [0.717, 1.165) is 16.9 Å². The van der Waals surface area contributed by atoms with E-state index in [1.165, 1.54) is 0 Å². The van der Waals surface area contributed by atoms with Crippen molar-refractivity contribution in [2.75, 3.05) is 5.73 Å². The molecule has 1 aromatic heterocycles. The molecule has 0 unspecified atom stereocenters. The molecule has 0 spiro atoms. The smallest absolute Gasteiger partial charge is 0.222 e. The van der Waals surface area contributed by atoms with Crippen LogP contribution in [0.5, 0.6) is 11.6 Å². The van der Waals surface area contributed by atoms with Crippen molar-refractivity contribution < 1.29 is 4.74 Å². The van der Waals surface area contributed by atoms with Gasteiger partial charge in [-0.05, 0) is 36.1 Å². The predicted octanol–water partition coefficient (Wildman–Crippen LogP) is 4.54. The van der Waals surface area contributed by atoms with Gasteiger partial charge in [-0.3, -0.25) is 0 Å². The molecule has 2 N–H and O–H groups in total. The maximum Gasteiger partial charge on any atom is 0.222 e. The van der Waals surface area contributed by atoms with Crippen molar-refractivity contribution in [2.45, 2.75) is 26.7 Å². The summed E-state index contributed by atoms with van der Waals surface area (Å²) in [7, 11) is 0. The maximum atomic E-state index is 5.88. The highest BCUT2D eigenvalue weighted by Crippen LogP contribution is 2.31. The van der Waals surface area contributed by atoms with Crippen molar-refractivity contribution in [1.82, 2.24) is 4.98 Å². The van der Waals surface area contributed by atoms with E-state index in [4.69, 9.17) is 22.1 Å². The molecule has 0 aliphatic heterocycles. The Hall–Kier alpha value is -1.74. The minimum absolute atomic E-state index is 0.328. The number of hydrogen-bond acceptors (Lipinski definition) is 3. The first kappa shape index (κ1) is 13.7. The second kappa shape index (κ2) is 5.49. The zero-order valence-electron chi connectivity index (χ0n) is 11.3. The Morgan fingerprint density at radius 2 is 1.95 bits per heavy atom. The molecule has 4 heteroatoms. The Morgan fingerprint density at radius 1 is 1.21 bits per heavy atom. The molecule has 0 fully saturated rings. The third-order valence-corrected chi connectivity index (χ3v) is 2.99. The van der Waals surface area contributed by atoms with E-state index in [0.29, 0.717) is 22.6 Å². The van der Waals surface area contributed by atoms with Crippen LogP contribution < -0.4 is 10.5 Å². The van der Waals surface area contributed by atoms with Crippen molar-refractivity contribution in [3.05, 3.63) is 46.6 Å². The highest BCUT2D eigenvalue weighted by Gasteiger charge is 2.10. The molecule has 1 heterocycles. The van der Waals surface area contributed by atoms with Crippen molar-refractivity contribution in [2.24, 2.45) is 0 Å². The summed E-state index contributed by atoms with van der Waals surface area (Å²) in [5.74, 6) is 1.58. The van der Waals surface area contributed by atoms with Gasteiger partial charge in [-0.15, -0.1) is 0 Å². The molecule has 100 valence electrons. The summed E-state index contributed by atoms with van der Waals surface area (Å²) in [6, 6.07) is 9.39. The average molecular weight is 277 g/mol. The number of rotatable bonds is 3. The molecular formula is C15H17ClN2O. The standard InChI is InChI=1S/C15H17ClN2O/c1-9(2)12-5-4-10(3)6-13(12)19-15-8-11(17)7-14(16)18-15/h4-9H,1-3H3,(H2,17,18). The Morgan fingerprint density at radius 3 is 2.58 bits per heavy atom. The average Bonchev–Trinajstić information content (AvgIpc) is 2.26. The molecule has 0 aliphatic rings. The van der Waals surface area contributed by atoms with Crippen LogP contribution in [0.4, 0.5) is 5.69 Å². The lowest BCUT2D eigenvalue weighted by molar-refractivity contribution is 0.454. The van der Waals surface area contributed by atoms with Gasteiger partial charge in [-0.1, -0.05) is 37.6 Å². The molecule has 19 heavy (non-hydrogen) atoms. The van der Waals surface area contributed by atoms with Gasteiger partial charge in [-0.2, -0.15) is 0 Å². The van der Waals surface area contributed by atoms with Crippen molar-refractivity contribution in [1.29, 1.82) is 0 Å². The number of anilines is 1. The first-order chi connectivity index (χ1) is 8.95. The molecular weight excluding hydrogens is 260 g/mol. The van der Waals surface area contributed by atoms with Gasteiger partial charge in [0.05, 0.1) is 0 Å². The Bertz CT molecular complexity index is 576. The normalized spacial score (nSPS) is 10.8. The monoisotopic (exact) mass is 276 g/mol. The van der Waals surface area contributed by atoms with E-state index in [2.05, 4.69) is 31.0 Å². The number of nitrogens with zero attached hydrogens (tertiary/aromatic N) is 1. The first-order valence-corrected chi connectivity index (χ1v) is 6.55. The molecule has 2 rings (SSSR count). The van der Waals surface area contributed by atoms with Crippen LogP contribution in [0.15, 0.2) is 30.3 Å². The Kier molecular flexibility index (Phi) is 3.96. The van der Waals surface area contributed by atoms with Gasteiger partial charge in [0.1, 0.15) is 10.9 Å². The van der Waals surface area contributed by atoms with E-state index in [-0.39, 0.29) is 0 Å². The number of pyridine rings is 1. The molecule has 0 amide bonds. The minimum atomic E-state index is 0.328. The lowest BCUT2D eigenvalue weighted by Gasteiger charge is -2.14. The summed E-state index contributed by atoms with van der Waals surface area (Å²) in [4.78, 5) is 4.12. The van der Waals surface area contributed by atoms with Crippen molar-refractivity contribution in [3.63, 3.8) is 0 Å². The molecule has 0 aliphatic carbocycles. The van der Waals surface area contributed by atoms with Crippen LogP contribution >= 0.6 is 11.6 Å². The number of nitrogen functional groups attached to an aromatic ring is 1. The van der Waals surface area contributed by atoms with Crippen LogP contribution in [0.2, 0.25) is 5.15 Å². The second-order valence-corrected chi connectivity index (χ2v) is 5.25. The van der Waals surface area contributed by atoms with Crippen molar-refractivity contribution >= 4 is 17.3 Å². The number of hydrogen-bond donors (Lipinski definition) is 1. The summed E-state index contributed by atoms with van der Waals surface area (Å²) < 4.78 is 5.84. The molecule has 2 aromatic rings. The molecule has 0 bridgehead atoms. The van der Waals surface area contributed by atoms with Gasteiger partial charge in [0.2, 0.25) is 5.88 Å². The topological polar surface area (TPSA) is 48.1 Å². The Labute approximate surface area is 118 Å². The van der Waals surface area contributed by atoms with Crippen LogP contribution in [0.25, 0.3) is 0 Å². The molecule has 1 aromatic carbocycles. The van der Waals surface area contributed by atoms with Gasteiger partial charge in [0, 0.05) is 11.8 Å². The SMILES string of the molecule is Cc1ccc(C(C)C)c(Oc2cc(N)cc(Cl)n2)c1. The lowest BCUT2D eigenvalue weighted by Crippen LogP contribution is -1.97. The van der Waals surface area contributed by atoms with Gasteiger partial charge in [-0.25, -0.2) is 4.98 Å². The quantitative estimate of drug-likeness (QED) is 0.837. The van der Waals surface area contributed by atoms with E-state index < -0.39 is 0 Å². The van der Waals surface area contributed by atoms with Gasteiger partial charge >= 0.3 is 0 Å². The molecule has 0 saturated carbocycles. The fourth-order valence-electron chi connectivity index (χ4n) is 1.86. The number of aryl methyl sites for hydroxylation is 1. The fourth-order valence-corrected chi connectivity index (χ4v) is 2.07. The molecule has 0 radical (unpaired) electrons. The maximum absolute atomic E-state index is 5.88. The lowest BCUT2D eigenvalue weighted by atomic mass is 10.0. The highest BCUT2D eigenvalue weighted by atomic mass is 35.5. The minimum Gasteiger partial charge on any atom is -0.439 e. The zero-order chi connectivity index (χ0) is 14.0. The molecule has 0 saturated heterocycles. The third-order valence-electron chi connectivity index (χ3n) is 2.80. The number of ether oxygens (including phenoxy) is 1. The number of aromatic nitrogens is 1.